The molecule has 6 heteroatoms. The molecule has 1 heterocycles. The lowest BCUT2D eigenvalue weighted by Gasteiger charge is -2.20. The average molecular weight is 389 g/mol. The Bertz CT molecular complexity index is 792. The van der Waals surface area contributed by atoms with Crippen LogP contribution in [0.3, 0.4) is 0 Å². The van der Waals surface area contributed by atoms with Crippen LogP contribution >= 0.6 is 15.9 Å². The second kappa shape index (κ2) is 7.05. The number of benzene rings is 2. The first kappa shape index (κ1) is 16.5. The maximum Gasteiger partial charge on any atom is 0.255 e. The number of hydrogen-bond donors (Lipinski definition) is 1. The quantitative estimate of drug-likeness (QED) is 0.865. The van der Waals surface area contributed by atoms with Crippen molar-refractivity contribution in [3.8, 4) is 5.75 Å². The van der Waals surface area contributed by atoms with Crippen LogP contribution in [0.5, 0.6) is 5.75 Å². The number of anilines is 2. The molecule has 0 bridgehead atoms. The first-order chi connectivity index (χ1) is 11.6. The minimum absolute atomic E-state index is 0.0869. The smallest absolute Gasteiger partial charge is 0.255 e. The van der Waals surface area contributed by atoms with Gasteiger partial charge in [0.15, 0.2) is 0 Å². The number of halogens is 1. The molecule has 1 aliphatic rings. The molecule has 1 N–H and O–H groups in total. The van der Waals surface area contributed by atoms with Gasteiger partial charge in [0, 0.05) is 18.5 Å². The van der Waals surface area contributed by atoms with Gasteiger partial charge < -0.3 is 15.0 Å². The van der Waals surface area contributed by atoms with E-state index in [0.29, 0.717) is 34.4 Å². The molecule has 0 aromatic heterocycles. The Morgan fingerprint density at radius 1 is 1.25 bits per heavy atom. The van der Waals surface area contributed by atoms with Gasteiger partial charge in [-0.25, -0.2) is 0 Å². The zero-order valence-electron chi connectivity index (χ0n) is 13.2. The Kier molecular flexibility index (Phi) is 4.85. The van der Waals surface area contributed by atoms with Crippen LogP contribution in [0.25, 0.3) is 0 Å². The summed E-state index contributed by atoms with van der Waals surface area (Å²) in [6, 6.07) is 12.5. The van der Waals surface area contributed by atoms with Crippen molar-refractivity contribution in [1.29, 1.82) is 0 Å². The van der Waals surface area contributed by atoms with Crippen molar-refractivity contribution >= 4 is 39.1 Å². The summed E-state index contributed by atoms with van der Waals surface area (Å²) in [5.74, 6) is 0.510. The number of para-hydroxylation sites is 2. The van der Waals surface area contributed by atoms with Crippen molar-refractivity contribution in [2.75, 3.05) is 23.9 Å². The van der Waals surface area contributed by atoms with Crippen molar-refractivity contribution in [3.05, 3.63) is 52.5 Å². The maximum absolute atomic E-state index is 12.5. The minimum Gasteiger partial charge on any atom is -0.496 e. The van der Waals surface area contributed by atoms with Crippen molar-refractivity contribution in [1.82, 2.24) is 0 Å². The van der Waals surface area contributed by atoms with Gasteiger partial charge in [-0.05, 0) is 52.7 Å². The van der Waals surface area contributed by atoms with Gasteiger partial charge in [-0.1, -0.05) is 12.1 Å². The standard InChI is InChI=1S/C18H17BrN2O3/c1-24-16-9-8-12(11-13(16)19)18(23)20-14-5-2-3-6-15(14)21-10-4-7-17(21)22/h2-3,5-6,8-9,11H,4,7,10H2,1H3,(H,20,23). The van der Waals surface area contributed by atoms with E-state index < -0.39 is 0 Å². The Morgan fingerprint density at radius 2 is 2.04 bits per heavy atom. The fraction of sp³-hybridized carbons (Fsp3) is 0.222. The number of nitrogens with one attached hydrogen (secondary N) is 1. The number of nitrogens with zero attached hydrogens (tertiary/aromatic N) is 1. The van der Waals surface area contributed by atoms with Crippen molar-refractivity contribution in [2.24, 2.45) is 0 Å². The second-order valence-corrected chi connectivity index (χ2v) is 6.32. The summed E-state index contributed by atoms with van der Waals surface area (Å²) in [6.45, 7) is 0.680. The van der Waals surface area contributed by atoms with E-state index >= 15 is 0 Å². The Balaban J connectivity index is 1.85. The van der Waals surface area contributed by atoms with E-state index in [2.05, 4.69) is 21.2 Å². The first-order valence-electron chi connectivity index (χ1n) is 7.64. The molecule has 2 aromatic carbocycles. The van der Waals surface area contributed by atoms with Gasteiger partial charge in [-0.2, -0.15) is 0 Å². The van der Waals surface area contributed by atoms with E-state index in [4.69, 9.17) is 4.74 Å². The summed E-state index contributed by atoms with van der Waals surface area (Å²) < 4.78 is 5.88. The number of methoxy groups -OCH3 is 1. The highest BCUT2D eigenvalue weighted by atomic mass is 79.9. The maximum atomic E-state index is 12.5. The SMILES string of the molecule is COc1ccc(C(=O)Nc2ccccc2N2CCCC2=O)cc1Br. The van der Waals surface area contributed by atoms with Gasteiger partial charge in [0.2, 0.25) is 5.91 Å². The zero-order valence-corrected chi connectivity index (χ0v) is 14.8. The molecule has 0 spiro atoms. The molecule has 2 amide bonds. The lowest BCUT2D eigenvalue weighted by Crippen LogP contribution is -2.25. The fourth-order valence-electron chi connectivity index (χ4n) is 2.72. The number of carbonyl (C=O) groups is 2. The number of amides is 2. The summed E-state index contributed by atoms with van der Waals surface area (Å²) in [5.41, 5.74) is 1.87. The van der Waals surface area contributed by atoms with E-state index in [9.17, 15) is 9.59 Å². The molecule has 1 aliphatic heterocycles. The van der Waals surface area contributed by atoms with Gasteiger partial charge in [-0.15, -0.1) is 0 Å². The lowest BCUT2D eigenvalue weighted by atomic mass is 10.2. The number of carbonyl (C=O) groups excluding carboxylic acids is 2. The van der Waals surface area contributed by atoms with Crippen molar-refractivity contribution < 1.29 is 14.3 Å². The zero-order chi connectivity index (χ0) is 17.1. The molecular formula is C18H17BrN2O3. The summed E-state index contributed by atoms with van der Waals surface area (Å²) in [4.78, 5) is 26.3. The minimum atomic E-state index is -0.238. The highest BCUT2D eigenvalue weighted by Gasteiger charge is 2.24. The van der Waals surface area contributed by atoms with E-state index in [1.165, 1.54) is 0 Å². The average Bonchev–Trinajstić information content (AvgIpc) is 3.01. The van der Waals surface area contributed by atoms with Crippen LogP contribution in [0.4, 0.5) is 11.4 Å². The molecule has 24 heavy (non-hydrogen) atoms. The predicted molar refractivity (Wildman–Crippen MR) is 96.7 cm³/mol. The highest BCUT2D eigenvalue weighted by molar-refractivity contribution is 9.10. The van der Waals surface area contributed by atoms with Gasteiger partial charge in [0.05, 0.1) is 23.0 Å². The van der Waals surface area contributed by atoms with Crippen LogP contribution in [0.1, 0.15) is 23.2 Å². The van der Waals surface area contributed by atoms with Gasteiger partial charge in [0.25, 0.3) is 5.91 Å². The van der Waals surface area contributed by atoms with Crippen molar-refractivity contribution in [3.63, 3.8) is 0 Å². The third-order valence-corrected chi connectivity index (χ3v) is 4.55. The van der Waals surface area contributed by atoms with Gasteiger partial charge in [0.1, 0.15) is 5.75 Å². The molecule has 5 nitrogen and oxygen atoms in total. The monoisotopic (exact) mass is 388 g/mol. The predicted octanol–water partition coefficient (Wildman–Crippen LogP) is 3.84. The lowest BCUT2D eigenvalue weighted by molar-refractivity contribution is -0.117. The van der Waals surface area contributed by atoms with Crippen LogP contribution in [0.15, 0.2) is 46.9 Å². The second-order valence-electron chi connectivity index (χ2n) is 5.47. The summed E-state index contributed by atoms with van der Waals surface area (Å²) in [5, 5.41) is 2.89. The molecule has 0 aliphatic carbocycles. The third kappa shape index (κ3) is 3.28. The molecule has 3 rings (SSSR count). The van der Waals surface area contributed by atoms with Crippen LogP contribution in [0, 0.1) is 0 Å². The van der Waals surface area contributed by atoms with Crippen LogP contribution in [-0.2, 0) is 4.79 Å². The molecule has 124 valence electrons. The number of hydrogen-bond acceptors (Lipinski definition) is 3. The summed E-state index contributed by atoms with van der Waals surface area (Å²) in [7, 11) is 1.57. The van der Waals surface area contributed by atoms with E-state index in [-0.39, 0.29) is 11.8 Å². The summed E-state index contributed by atoms with van der Waals surface area (Å²) in [6.07, 6.45) is 1.39. The summed E-state index contributed by atoms with van der Waals surface area (Å²) >= 11 is 3.38. The van der Waals surface area contributed by atoms with E-state index in [1.807, 2.05) is 18.2 Å². The number of ether oxygens (including phenoxy) is 1. The van der Waals surface area contributed by atoms with Crippen molar-refractivity contribution in [2.45, 2.75) is 12.8 Å². The number of rotatable bonds is 4. The molecule has 0 atom stereocenters. The van der Waals surface area contributed by atoms with Gasteiger partial charge in [-0.3, -0.25) is 9.59 Å². The molecule has 0 saturated carbocycles. The first-order valence-corrected chi connectivity index (χ1v) is 8.43. The molecule has 0 unspecified atom stereocenters. The van der Waals surface area contributed by atoms with E-state index in [1.54, 1.807) is 36.3 Å². The van der Waals surface area contributed by atoms with Crippen LogP contribution in [-0.4, -0.2) is 25.5 Å². The highest BCUT2D eigenvalue weighted by Crippen LogP contribution is 2.30. The molecule has 1 saturated heterocycles. The van der Waals surface area contributed by atoms with Gasteiger partial charge >= 0.3 is 0 Å². The van der Waals surface area contributed by atoms with Crippen LogP contribution < -0.4 is 15.0 Å². The van der Waals surface area contributed by atoms with E-state index in [0.717, 1.165) is 12.1 Å². The largest absolute Gasteiger partial charge is 0.496 e. The fourth-order valence-corrected chi connectivity index (χ4v) is 3.26. The molecule has 1 fully saturated rings. The molecule has 2 aromatic rings. The molecular weight excluding hydrogens is 372 g/mol. The molecule has 0 radical (unpaired) electrons. The normalized spacial score (nSPS) is 13.9. The topological polar surface area (TPSA) is 58.6 Å². The Labute approximate surface area is 148 Å². The third-order valence-electron chi connectivity index (χ3n) is 3.93. The Hall–Kier alpha value is -2.34. The Morgan fingerprint density at radius 3 is 2.71 bits per heavy atom. The van der Waals surface area contributed by atoms with Crippen LogP contribution in [0.2, 0.25) is 0 Å².